The largest absolute Gasteiger partial charge is 0.490 e. The molecule has 0 aliphatic carbocycles. The number of carbonyl (C=O) groups is 1. The highest BCUT2D eigenvalue weighted by Crippen LogP contribution is 2.23. The summed E-state index contributed by atoms with van der Waals surface area (Å²) in [7, 11) is 1.63. The van der Waals surface area contributed by atoms with Crippen LogP contribution in [-0.4, -0.2) is 25.6 Å². The smallest absolute Gasteiger partial charge is 0.163 e. The minimum atomic E-state index is -0.0126. The third-order valence-corrected chi connectivity index (χ3v) is 2.69. The van der Waals surface area contributed by atoms with Crippen LogP contribution in [0.4, 0.5) is 0 Å². The third-order valence-electron chi connectivity index (χ3n) is 2.20. The van der Waals surface area contributed by atoms with Crippen molar-refractivity contribution in [2.75, 3.05) is 13.7 Å². The lowest BCUT2D eigenvalue weighted by Gasteiger charge is -2.13. The van der Waals surface area contributed by atoms with E-state index >= 15 is 0 Å². The summed E-state index contributed by atoms with van der Waals surface area (Å²) in [6.45, 7) is 3.86. The maximum Gasteiger partial charge on any atom is 0.163 e. The first kappa shape index (κ1) is 13.2. The molecule has 0 N–H and O–H groups in total. The zero-order valence-corrected chi connectivity index (χ0v) is 11.2. The molecule has 1 atom stereocenters. The molecule has 1 unspecified atom stereocenters. The van der Waals surface area contributed by atoms with Crippen molar-refractivity contribution in [2.24, 2.45) is 0 Å². The predicted molar refractivity (Wildman–Crippen MR) is 66.1 cm³/mol. The van der Waals surface area contributed by atoms with Crippen molar-refractivity contribution < 1.29 is 14.3 Å². The molecule has 88 valence electrons. The Balaban J connectivity index is 2.82. The molecule has 16 heavy (non-hydrogen) atoms. The van der Waals surface area contributed by atoms with Crippen molar-refractivity contribution in [1.82, 2.24) is 0 Å². The molecule has 1 aromatic carbocycles. The molecule has 3 nitrogen and oxygen atoms in total. The van der Waals surface area contributed by atoms with E-state index in [0.29, 0.717) is 17.9 Å². The third kappa shape index (κ3) is 3.61. The molecule has 0 amide bonds. The van der Waals surface area contributed by atoms with Crippen LogP contribution in [0, 0.1) is 0 Å². The highest BCUT2D eigenvalue weighted by Gasteiger charge is 2.10. The zero-order valence-electron chi connectivity index (χ0n) is 9.62. The Morgan fingerprint density at radius 1 is 1.50 bits per heavy atom. The van der Waals surface area contributed by atoms with Crippen molar-refractivity contribution in [3.05, 3.63) is 28.2 Å². The fourth-order valence-electron chi connectivity index (χ4n) is 1.18. The molecule has 4 heteroatoms. The summed E-state index contributed by atoms with van der Waals surface area (Å²) < 4.78 is 11.5. The topological polar surface area (TPSA) is 35.5 Å². The molecule has 1 aromatic rings. The zero-order chi connectivity index (χ0) is 12.1. The van der Waals surface area contributed by atoms with E-state index in [1.807, 2.05) is 13.0 Å². The Morgan fingerprint density at radius 3 is 2.75 bits per heavy atom. The van der Waals surface area contributed by atoms with Gasteiger partial charge in [-0.1, -0.05) is 15.9 Å². The van der Waals surface area contributed by atoms with Crippen LogP contribution < -0.4 is 4.74 Å². The number of ether oxygens (including phenoxy) is 2. The molecule has 0 aromatic heterocycles. The number of methoxy groups -OCH3 is 1. The summed E-state index contributed by atoms with van der Waals surface area (Å²) in [6, 6.07) is 5.39. The first-order valence-corrected chi connectivity index (χ1v) is 5.80. The van der Waals surface area contributed by atoms with Crippen LogP contribution in [0.2, 0.25) is 0 Å². The fraction of sp³-hybridized carbons (Fsp3) is 0.417. The predicted octanol–water partition coefficient (Wildman–Crippen LogP) is 3.07. The van der Waals surface area contributed by atoms with E-state index in [4.69, 9.17) is 9.47 Å². The molecule has 0 saturated heterocycles. The lowest BCUT2D eigenvalue weighted by molar-refractivity contribution is 0.0708. The Morgan fingerprint density at radius 2 is 2.19 bits per heavy atom. The second kappa shape index (κ2) is 6.01. The summed E-state index contributed by atoms with van der Waals surface area (Å²) in [5.74, 6) is 0.584. The van der Waals surface area contributed by atoms with E-state index in [9.17, 15) is 4.79 Å². The fourth-order valence-corrected chi connectivity index (χ4v) is 1.54. The maximum absolute atomic E-state index is 11.4. The molecular weight excluding hydrogens is 272 g/mol. The Kier molecular flexibility index (Phi) is 4.96. The van der Waals surface area contributed by atoms with Crippen LogP contribution in [0.15, 0.2) is 22.7 Å². The van der Waals surface area contributed by atoms with Crippen molar-refractivity contribution in [1.29, 1.82) is 0 Å². The van der Waals surface area contributed by atoms with Crippen LogP contribution in [0.3, 0.4) is 0 Å². The summed E-state index contributed by atoms with van der Waals surface area (Å²) in [5.41, 5.74) is 0.581. The van der Waals surface area contributed by atoms with Gasteiger partial charge in [-0.05, 0) is 32.0 Å². The van der Waals surface area contributed by atoms with Crippen LogP contribution in [0.1, 0.15) is 24.2 Å². The highest BCUT2D eigenvalue weighted by molar-refractivity contribution is 9.10. The van der Waals surface area contributed by atoms with Gasteiger partial charge in [-0.3, -0.25) is 4.79 Å². The molecule has 0 radical (unpaired) electrons. The van der Waals surface area contributed by atoms with Crippen molar-refractivity contribution in [3.8, 4) is 5.75 Å². The lowest BCUT2D eigenvalue weighted by atomic mass is 10.1. The first-order valence-electron chi connectivity index (χ1n) is 5.00. The van der Waals surface area contributed by atoms with Crippen molar-refractivity contribution in [2.45, 2.75) is 20.0 Å². The first-order chi connectivity index (χ1) is 7.54. The number of Topliss-reactive ketones (excluding diaryl/α,β-unsaturated/α-hetero) is 1. The van der Waals surface area contributed by atoms with E-state index in [-0.39, 0.29) is 11.9 Å². The molecule has 0 aliphatic rings. The van der Waals surface area contributed by atoms with Crippen LogP contribution in [0.25, 0.3) is 0 Å². The van der Waals surface area contributed by atoms with Crippen molar-refractivity contribution >= 4 is 21.7 Å². The van der Waals surface area contributed by atoms with Gasteiger partial charge >= 0.3 is 0 Å². The Labute approximate surface area is 104 Å². The average molecular weight is 287 g/mol. The van der Waals surface area contributed by atoms with E-state index in [0.717, 1.165) is 4.47 Å². The second-order valence-electron chi connectivity index (χ2n) is 3.55. The van der Waals surface area contributed by atoms with Gasteiger partial charge in [-0.15, -0.1) is 0 Å². The summed E-state index contributed by atoms with van der Waals surface area (Å²) in [4.78, 5) is 11.4. The molecular formula is C12H15BrO3. The van der Waals surface area contributed by atoms with Gasteiger partial charge in [-0.2, -0.15) is 0 Å². The van der Waals surface area contributed by atoms with Crippen LogP contribution in [-0.2, 0) is 4.74 Å². The molecule has 0 heterocycles. The maximum atomic E-state index is 11.4. The summed E-state index contributed by atoms with van der Waals surface area (Å²) >= 11 is 3.33. The number of rotatable bonds is 5. The van der Waals surface area contributed by atoms with Gasteiger partial charge in [-0.25, -0.2) is 0 Å². The monoisotopic (exact) mass is 286 g/mol. The van der Waals surface area contributed by atoms with Gasteiger partial charge in [0.1, 0.15) is 12.4 Å². The van der Waals surface area contributed by atoms with Crippen LogP contribution >= 0.6 is 15.9 Å². The molecule has 0 fully saturated rings. The standard InChI is InChI=1S/C12H15BrO3/c1-8(15-3)7-16-12-5-4-10(13)6-11(12)9(2)14/h4-6,8H,7H2,1-3H3. The number of hydrogen-bond donors (Lipinski definition) is 0. The average Bonchev–Trinajstić information content (AvgIpc) is 2.26. The van der Waals surface area contributed by atoms with Gasteiger partial charge in [0.2, 0.25) is 0 Å². The molecule has 1 rings (SSSR count). The number of ketones is 1. The molecule has 0 aliphatic heterocycles. The second-order valence-corrected chi connectivity index (χ2v) is 4.47. The van der Waals surface area contributed by atoms with E-state index in [1.54, 1.807) is 19.2 Å². The van der Waals surface area contributed by atoms with Gasteiger partial charge in [0.25, 0.3) is 0 Å². The van der Waals surface area contributed by atoms with E-state index < -0.39 is 0 Å². The summed E-state index contributed by atoms with van der Waals surface area (Å²) in [5, 5.41) is 0. The summed E-state index contributed by atoms with van der Waals surface area (Å²) in [6.07, 6.45) is 0.00320. The normalized spacial score (nSPS) is 12.2. The quantitative estimate of drug-likeness (QED) is 0.781. The van der Waals surface area contributed by atoms with Gasteiger partial charge in [0, 0.05) is 11.6 Å². The van der Waals surface area contributed by atoms with Gasteiger partial charge in [0.15, 0.2) is 5.78 Å². The van der Waals surface area contributed by atoms with Gasteiger partial charge < -0.3 is 9.47 Å². The van der Waals surface area contributed by atoms with Gasteiger partial charge in [0.05, 0.1) is 11.7 Å². The Hall–Kier alpha value is -0.870. The molecule has 0 bridgehead atoms. The molecule has 0 saturated carbocycles. The minimum Gasteiger partial charge on any atom is -0.490 e. The number of benzene rings is 1. The molecule has 0 spiro atoms. The number of hydrogen-bond acceptors (Lipinski definition) is 3. The minimum absolute atomic E-state index is 0.00320. The Bertz CT molecular complexity index is 377. The highest BCUT2D eigenvalue weighted by atomic mass is 79.9. The number of halogens is 1. The van der Waals surface area contributed by atoms with Crippen LogP contribution in [0.5, 0.6) is 5.75 Å². The number of carbonyl (C=O) groups excluding carboxylic acids is 1. The SMILES string of the molecule is COC(C)COc1ccc(Br)cc1C(C)=O. The van der Waals surface area contributed by atoms with E-state index in [1.165, 1.54) is 6.92 Å². The van der Waals surface area contributed by atoms with E-state index in [2.05, 4.69) is 15.9 Å². The lowest BCUT2D eigenvalue weighted by Crippen LogP contribution is -2.16. The van der Waals surface area contributed by atoms with Crippen molar-refractivity contribution in [3.63, 3.8) is 0 Å².